The lowest BCUT2D eigenvalue weighted by molar-refractivity contribution is 0.399. The van der Waals surface area contributed by atoms with Crippen LogP contribution in [0.15, 0.2) is 35.4 Å². The number of aromatic nitrogens is 2. The Labute approximate surface area is 128 Å². The molecule has 4 nitrogen and oxygen atoms in total. The standard InChI is InChI=1S/C15H20FN3OS/c1-4-19-15(14(20-3)9-18-19)13(17-2)10-21-12-7-5-6-11(16)8-12/h5-9,13,17H,4,10H2,1-3H3. The van der Waals surface area contributed by atoms with E-state index in [2.05, 4.69) is 10.4 Å². The van der Waals surface area contributed by atoms with Crippen molar-refractivity contribution in [2.75, 3.05) is 19.9 Å². The zero-order valence-electron chi connectivity index (χ0n) is 12.5. The molecule has 2 aromatic rings. The SMILES string of the molecule is CCn1ncc(OC)c1C(CSc1cccc(F)c1)NC. The van der Waals surface area contributed by atoms with Gasteiger partial charge in [-0.05, 0) is 32.2 Å². The van der Waals surface area contributed by atoms with Crippen molar-refractivity contribution in [2.45, 2.75) is 24.4 Å². The van der Waals surface area contributed by atoms with E-state index in [-0.39, 0.29) is 11.9 Å². The number of benzene rings is 1. The fourth-order valence-corrected chi connectivity index (χ4v) is 3.23. The number of halogens is 1. The van der Waals surface area contributed by atoms with E-state index in [0.29, 0.717) is 0 Å². The van der Waals surface area contributed by atoms with Crippen LogP contribution in [0, 0.1) is 5.82 Å². The van der Waals surface area contributed by atoms with Crippen LogP contribution in [0.2, 0.25) is 0 Å². The Morgan fingerprint density at radius 3 is 2.90 bits per heavy atom. The van der Waals surface area contributed by atoms with Gasteiger partial charge in [-0.2, -0.15) is 5.10 Å². The second-order valence-corrected chi connectivity index (χ2v) is 5.62. The van der Waals surface area contributed by atoms with Crippen LogP contribution in [-0.4, -0.2) is 29.7 Å². The Hall–Kier alpha value is -1.53. The minimum absolute atomic E-state index is 0.0793. The van der Waals surface area contributed by atoms with Crippen molar-refractivity contribution in [1.29, 1.82) is 0 Å². The molecular weight excluding hydrogens is 289 g/mol. The van der Waals surface area contributed by atoms with E-state index in [1.54, 1.807) is 37.2 Å². The molecule has 6 heteroatoms. The molecule has 0 fully saturated rings. The number of nitrogens with zero attached hydrogens (tertiary/aromatic N) is 2. The average molecular weight is 309 g/mol. The summed E-state index contributed by atoms with van der Waals surface area (Å²) in [7, 11) is 3.55. The predicted octanol–water partition coefficient (Wildman–Crippen LogP) is 3.10. The first-order valence-electron chi connectivity index (χ1n) is 6.84. The van der Waals surface area contributed by atoms with E-state index in [0.717, 1.165) is 28.6 Å². The molecule has 1 N–H and O–H groups in total. The highest BCUT2D eigenvalue weighted by atomic mass is 32.2. The monoisotopic (exact) mass is 309 g/mol. The summed E-state index contributed by atoms with van der Waals surface area (Å²) in [5.41, 5.74) is 1.02. The molecule has 0 amide bonds. The van der Waals surface area contributed by atoms with Gasteiger partial charge >= 0.3 is 0 Å². The Bertz CT molecular complexity index is 567. The number of thioether (sulfide) groups is 1. The summed E-state index contributed by atoms with van der Waals surface area (Å²) < 4.78 is 20.5. The van der Waals surface area contributed by atoms with Gasteiger partial charge in [-0.1, -0.05) is 6.07 Å². The van der Waals surface area contributed by atoms with Crippen LogP contribution in [0.5, 0.6) is 5.75 Å². The van der Waals surface area contributed by atoms with E-state index < -0.39 is 0 Å². The van der Waals surface area contributed by atoms with Gasteiger partial charge in [0.25, 0.3) is 0 Å². The summed E-state index contributed by atoms with van der Waals surface area (Å²) in [5, 5.41) is 7.61. The summed E-state index contributed by atoms with van der Waals surface area (Å²) in [6.45, 7) is 2.82. The molecule has 1 atom stereocenters. The van der Waals surface area contributed by atoms with E-state index in [1.807, 2.05) is 24.7 Å². The molecule has 2 rings (SSSR count). The Balaban J connectivity index is 2.15. The van der Waals surface area contributed by atoms with Crippen LogP contribution < -0.4 is 10.1 Å². The molecule has 0 aliphatic rings. The van der Waals surface area contributed by atoms with Crippen molar-refractivity contribution in [2.24, 2.45) is 0 Å². The van der Waals surface area contributed by atoms with Gasteiger partial charge in [-0.3, -0.25) is 4.68 Å². The predicted molar refractivity (Wildman–Crippen MR) is 83.4 cm³/mol. The van der Waals surface area contributed by atoms with Crippen LogP contribution in [0.1, 0.15) is 18.7 Å². The van der Waals surface area contributed by atoms with Crippen molar-refractivity contribution < 1.29 is 9.13 Å². The molecule has 0 saturated carbocycles. The molecule has 114 valence electrons. The molecule has 1 aromatic carbocycles. The largest absolute Gasteiger partial charge is 0.493 e. The van der Waals surface area contributed by atoms with E-state index in [9.17, 15) is 4.39 Å². The third-order valence-electron chi connectivity index (χ3n) is 3.26. The van der Waals surface area contributed by atoms with Crippen molar-refractivity contribution in [3.05, 3.63) is 42.0 Å². The minimum atomic E-state index is -0.211. The number of nitrogens with one attached hydrogen (secondary N) is 1. The summed E-state index contributed by atoms with van der Waals surface area (Å²) >= 11 is 1.60. The quantitative estimate of drug-likeness (QED) is 0.798. The van der Waals surface area contributed by atoms with Gasteiger partial charge in [-0.25, -0.2) is 4.39 Å². The number of aryl methyl sites for hydroxylation is 1. The molecule has 0 radical (unpaired) electrons. The number of methoxy groups -OCH3 is 1. The summed E-state index contributed by atoms with van der Waals surface area (Å²) in [6, 6.07) is 6.72. The van der Waals surface area contributed by atoms with Crippen LogP contribution in [0.25, 0.3) is 0 Å². The van der Waals surface area contributed by atoms with Crippen LogP contribution in [0.3, 0.4) is 0 Å². The van der Waals surface area contributed by atoms with Gasteiger partial charge < -0.3 is 10.1 Å². The molecular formula is C15H20FN3OS. The highest BCUT2D eigenvalue weighted by Crippen LogP contribution is 2.30. The van der Waals surface area contributed by atoms with E-state index in [1.165, 1.54) is 6.07 Å². The molecule has 21 heavy (non-hydrogen) atoms. The zero-order chi connectivity index (χ0) is 15.2. The molecule has 1 aromatic heterocycles. The lowest BCUT2D eigenvalue weighted by Crippen LogP contribution is -2.23. The summed E-state index contributed by atoms with van der Waals surface area (Å²) in [6.07, 6.45) is 1.73. The first-order chi connectivity index (χ1) is 10.2. The smallest absolute Gasteiger partial charge is 0.161 e. The van der Waals surface area contributed by atoms with Gasteiger partial charge in [0.05, 0.1) is 25.0 Å². The Kier molecular flexibility index (Phi) is 5.64. The maximum Gasteiger partial charge on any atom is 0.161 e. The molecule has 0 saturated heterocycles. The van der Waals surface area contributed by atoms with Crippen molar-refractivity contribution in [3.8, 4) is 5.75 Å². The minimum Gasteiger partial charge on any atom is -0.493 e. The maximum atomic E-state index is 13.2. The topological polar surface area (TPSA) is 39.1 Å². The van der Waals surface area contributed by atoms with Gasteiger partial charge in [0.1, 0.15) is 5.82 Å². The molecule has 0 spiro atoms. The molecule has 0 bridgehead atoms. The average Bonchev–Trinajstić information content (AvgIpc) is 2.91. The normalized spacial score (nSPS) is 12.4. The van der Waals surface area contributed by atoms with Gasteiger partial charge in [0.15, 0.2) is 5.75 Å². The van der Waals surface area contributed by atoms with Crippen LogP contribution in [0.4, 0.5) is 4.39 Å². The van der Waals surface area contributed by atoms with E-state index >= 15 is 0 Å². The van der Waals surface area contributed by atoms with Gasteiger partial charge in [-0.15, -0.1) is 11.8 Å². The summed E-state index contributed by atoms with van der Waals surface area (Å²) in [4.78, 5) is 0.914. The first-order valence-corrected chi connectivity index (χ1v) is 7.83. The maximum absolute atomic E-state index is 13.2. The number of hydrogen-bond donors (Lipinski definition) is 1. The number of rotatable bonds is 7. The van der Waals surface area contributed by atoms with Crippen molar-refractivity contribution in [3.63, 3.8) is 0 Å². The third kappa shape index (κ3) is 3.77. The first kappa shape index (κ1) is 15.9. The Morgan fingerprint density at radius 2 is 2.29 bits per heavy atom. The molecule has 1 unspecified atom stereocenters. The second-order valence-electron chi connectivity index (χ2n) is 4.52. The van der Waals surface area contributed by atoms with E-state index in [4.69, 9.17) is 4.74 Å². The Morgan fingerprint density at radius 1 is 1.48 bits per heavy atom. The molecule has 1 heterocycles. The lowest BCUT2D eigenvalue weighted by Gasteiger charge is -2.18. The van der Waals surface area contributed by atoms with Crippen molar-refractivity contribution in [1.82, 2.24) is 15.1 Å². The third-order valence-corrected chi connectivity index (χ3v) is 4.34. The fraction of sp³-hybridized carbons (Fsp3) is 0.400. The van der Waals surface area contributed by atoms with Crippen molar-refractivity contribution >= 4 is 11.8 Å². The zero-order valence-corrected chi connectivity index (χ0v) is 13.3. The second kappa shape index (κ2) is 7.47. The lowest BCUT2D eigenvalue weighted by atomic mass is 10.2. The number of ether oxygens (including phenoxy) is 1. The van der Waals surface area contributed by atoms with Crippen LogP contribution >= 0.6 is 11.8 Å². The van der Waals surface area contributed by atoms with Gasteiger partial charge in [0, 0.05) is 17.2 Å². The van der Waals surface area contributed by atoms with Gasteiger partial charge in [0.2, 0.25) is 0 Å². The highest BCUT2D eigenvalue weighted by Gasteiger charge is 2.20. The molecule has 0 aliphatic heterocycles. The highest BCUT2D eigenvalue weighted by molar-refractivity contribution is 7.99. The molecule has 0 aliphatic carbocycles. The number of hydrogen-bond acceptors (Lipinski definition) is 4. The van der Waals surface area contributed by atoms with Crippen LogP contribution in [-0.2, 0) is 6.54 Å². The fourth-order valence-electron chi connectivity index (χ4n) is 2.17. The summed E-state index contributed by atoms with van der Waals surface area (Å²) in [5.74, 6) is 1.33.